The van der Waals surface area contributed by atoms with E-state index in [1.54, 1.807) is 28.8 Å². The Morgan fingerprint density at radius 3 is 2.78 bits per heavy atom. The molecule has 3 N–H and O–H groups in total. The Hall–Kier alpha value is -2.21. The SMILES string of the molecule is CC(C)(C)C(=O)SCCOP(=O)(COCCn1cnc2c(=O)[nH]c(N)nc21)OCc1cccc(Cl)c1. The number of ether oxygens (including phenoxy) is 1. The van der Waals surface area contributed by atoms with Crippen LogP contribution in [0.4, 0.5) is 5.95 Å². The molecule has 14 heteroatoms. The highest BCUT2D eigenvalue weighted by molar-refractivity contribution is 8.13. The third-order valence-corrected chi connectivity index (χ3v) is 7.83. The van der Waals surface area contributed by atoms with Crippen molar-refractivity contribution in [3.8, 4) is 0 Å². The first-order valence-corrected chi connectivity index (χ1v) is 14.1. The third-order valence-electron chi connectivity index (χ3n) is 4.75. The molecule has 0 aliphatic heterocycles. The molecule has 0 spiro atoms. The van der Waals surface area contributed by atoms with Gasteiger partial charge in [-0.15, -0.1) is 0 Å². The van der Waals surface area contributed by atoms with Crippen LogP contribution in [0.5, 0.6) is 0 Å². The molecule has 0 aliphatic rings. The first-order valence-electron chi connectivity index (χ1n) is 11.0. The van der Waals surface area contributed by atoms with E-state index in [1.165, 1.54) is 6.33 Å². The van der Waals surface area contributed by atoms with E-state index in [0.717, 1.165) is 17.3 Å². The topological polar surface area (TPSA) is 151 Å². The van der Waals surface area contributed by atoms with Gasteiger partial charge in [0.2, 0.25) is 5.95 Å². The van der Waals surface area contributed by atoms with E-state index in [-0.39, 0.29) is 49.3 Å². The summed E-state index contributed by atoms with van der Waals surface area (Å²) >= 11 is 7.13. The van der Waals surface area contributed by atoms with E-state index in [1.807, 2.05) is 20.8 Å². The lowest BCUT2D eigenvalue weighted by Crippen LogP contribution is -2.17. The van der Waals surface area contributed by atoms with Crippen LogP contribution in [-0.4, -0.2) is 49.9 Å². The van der Waals surface area contributed by atoms with Crippen molar-refractivity contribution in [1.82, 2.24) is 19.5 Å². The molecule has 1 unspecified atom stereocenters. The highest BCUT2D eigenvalue weighted by atomic mass is 35.5. The van der Waals surface area contributed by atoms with Crippen molar-refractivity contribution in [1.29, 1.82) is 0 Å². The highest BCUT2D eigenvalue weighted by Gasteiger charge is 2.27. The molecule has 2 heterocycles. The minimum atomic E-state index is -3.68. The largest absolute Gasteiger partial charge is 0.369 e. The lowest BCUT2D eigenvalue weighted by molar-refractivity contribution is -0.117. The van der Waals surface area contributed by atoms with E-state index in [4.69, 9.17) is 31.1 Å². The number of carbonyl (C=O) groups is 1. The number of benzene rings is 1. The van der Waals surface area contributed by atoms with Crippen LogP contribution in [0, 0.1) is 5.41 Å². The molecule has 0 aliphatic carbocycles. The number of H-pyrrole nitrogens is 1. The number of thioether (sulfide) groups is 1. The number of aromatic amines is 1. The lowest BCUT2D eigenvalue weighted by atomic mass is 10.00. The predicted molar refractivity (Wildman–Crippen MR) is 140 cm³/mol. The molecule has 0 amide bonds. The van der Waals surface area contributed by atoms with Gasteiger partial charge in [0.1, 0.15) is 6.35 Å². The summed E-state index contributed by atoms with van der Waals surface area (Å²) in [4.78, 5) is 34.6. The molecule has 1 aromatic carbocycles. The maximum Gasteiger partial charge on any atom is 0.356 e. The minimum Gasteiger partial charge on any atom is -0.369 e. The van der Waals surface area contributed by atoms with Crippen LogP contribution in [0.3, 0.4) is 0 Å². The number of nitrogens with one attached hydrogen (secondary N) is 1. The number of carbonyl (C=O) groups excluding carboxylic acids is 1. The molecule has 2 aromatic heterocycles. The molecule has 36 heavy (non-hydrogen) atoms. The number of nitrogen functional groups attached to an aromatic ring is 1. The molecular weight excluding hydrogens is 529 g/mol. The monoisotopic (exact) mass is 557 g/mol. The number of imidazole rings is 1. The fourth-order valence-electron chi connectivity index (χ4n) is 2.91. The number of nitrogens with zero attached hydrogens (tertiary/aromatic N) is 3. The number of aromatic nitrogens is 4. The summed E-state index contributed by atoms with van der Waals surface area (Å²) < 4.78 is 31.8. The zero-order valence-electron chi connectivity index (χ0n) is 20.2. The maximum atomic E-state index is 13.4. The lowest BCUT2D eigenvalue weighted by Gasteiger charge is -2.20. The van der Waals surface area contributed by atoms with Crippen LogP contribution >= 0.6 is 31.0 Å². The number of nitrogens with two attached hydrogens (primary N) is 1. The molecule has 0 saturated carbocycles. The van der Waals surface area contributed by atoms with Gasteiger partial charge < -0.3 is 24.1 Å². The molecule has 11 nitrogen and oxygen atoms in total. The molecule has 0 saturated heterocycles. The fourth-order valence-corrected chi connectivity index (χ4v) is 5.33. The molecular formula is C22H29ClN5O6PS. The van der Waals surface area contributed by atoms with E-state index in [2.05, 4.69) is 15.0 Å². The summed E-state index contributed by atoms with van der Waals surface area (Å²) in [7, 11) is -3.68. The van der Waals surface area contributed by atoms with Gasteiger partial charge in [-0.25, -0.2) is 4.98 Å². The van der Waals surface area contributed by atoms with Gasteiger partial charge >= 0.3 is 7.60 Å². The fraction of sp³-hybridized carbons (Fsp3) is 0.455. The van der Waals surface area contributed by atoms with Crippen molar-refractivity contribution in [3.63, 3.8) is 0 Å². The van der Waals surface area contributed by atoms with Crippen LogP contribution in [0.25, 0.3) is 11.2 Å². The standard InChI is InChI=1S/C22H29ClN5O6PS/c1-22(2,3)20(30)36-10-9-33-35(31,34-12-15-5-4-6-16(23)11-15)14-32-8-7-28-13-25-17-18(28)26-21(24)27-19(17)29/h4-6,11,13H,7-10,12,14H2,1-3H3,(H3,24,26,27,29). The number of fused-ring (bicyclic) bond motifs is 1. The Labute approximate surface area is 217 Å². The first kappa shape index (κ1) is 28.4. The van der Waals surface area contributed by atoms with Gasteiger partial charge in [-0.1, -0.05) is 56.3 Å². The van der Waals surface area contributed by atoms with Gasteiger partial charge in [-0.05, 0) is 17.7 Å². The van der Waals surface area contributed by atoms with Crippen molar-refractivity contribution in [2.45, 2.75) is 33.9 Å². The smallest absolute Gasteiger partial charge is 0.356 e. The number of halogens is 1. The van der Waals surface area contributed by atoms with E-state index >= 15 is 0 Å². The summed E-state index contributed by atoms with van der Waals surface area (Å²) in [6.45, 7) is 5.94. The second-order valence-corrected chi connectivity index (χ2v) is 12.3. The van der Waals surface area contributed by atoms with Crippen molar-refractivity contribution >= 4 is 53.2 Å². The average molecular weight is 558 g/mol. The Morgan fingerprint density at radius 2 is 2.06 bits per heavy atom. The van der Waals surface area contributed by atoms with E-state index in [9.17, 15) is 14.2 Å². The second-order valence-electron chi connectivity index (χ2n) is 8.83. The maximum absolute atomic E-state index is 13.4. The summed E-state index contributed by atoms with van der Waals surface area (Å²) in [5.41, 5.74) is 5.89. The Morgan fingerprint density at radius 1 is 1.28 bits per heavy atom. The number of rotatable bonds is 12. The van der Waals surface area contributed by atoms with Gasteiger partial charge in [0.25, 0.3) is 5.56 Å². The predicted octanol–water partition coefficient (Wildman–Crippen LogP) is 4.06. The normalized spacial score (nSPS) is 13.7. The third kappa shape index (κ3) is 8.16. The molecule has 0 fully saturated rings. The van der Waals surface area contributed by atoms with Crippen molar-refractivity contribution < 1.29 is 23.1 Å². The van der Waals surface area contributed by atoms with E-state index in [0.29, 0.717) is 16.4 Å². The quantitative estimate of drug-likeness (QED) is 0.246. The van der Waals surface area contributed by atoms with Crippen molar-refractivity contribution in [2.24, 2.45) is 5.41 Å². The molecule has 196 valence electrons. The van der Waals surface area contributed by atoms with Gasteiger partial charge in [0, 0.05) is 22.7 Å². The van der Waals surface area contributed by atoms with Crippen LogP contribution in [0.2, 0.25) is 5.02 Å². The van der Waals surface area contributed by atoms with Gasteiger partial charge in [0.05, 0.1) is 26.1 Å². The molecule has 3 aromatic rings. The summed E-state index contributed by atoms with van der Waals surface area (Å²) in [5, 5.41) is 0.540. The zero-order valence-corrected chi connectivity index (χ0v) is 22.7. The molecule has 0 bridgehead atoms. The second kappa shape index (κ2) is 12.4. The van der Waals surface area contributed by atoms with Crippen LogP contribution in [0.1, 0.15) is 26.3 Å². The Kier molecular flexibility index (Phi) is 9.73. The summed E-state index contributed by atoms with van der Waals surface area (Å²) in [6.07, 6.45) is 1.14. The van der Waals surface area contributed by atoms with Crippen LogP contribution in [0.15, 0.2) is 35.4 Å². The number of hydrogen-bond acceptors (Lipinski definition) is 10. The molecule has 0 radical (unpaired) electrons. The number of hydrogen-bond donors (Lipinski definition) is 2. The molecule has 3 rings (SSSR count). The average Bonchev–Trinajstić information content (AvgIpc) is 3.21. The van der Waals surface area contributed by atoms with Gasteiger partial charge in [0.15, 0.2) is 16.3 Å². The van der Waals surface area contributed by atoms with Gasteiger partial charge in [-0.3, -0.25) is 19.1 Å². The number of anilines is 1. The minimum absolute atomic E-state index is 0.00734. The van der Waals surface area contributed by atoms with Crippen molar-refractivity contribution in [2.75, 3.05) is 31.0 Å². The summed E-state index contributed by atoms with van der Waals surface area (Å²) in [6, 6.07) is 6.98. The Bertz CT molecular complexity index is 1310. The highest BCUT2D eigenvalue weighted by Crippen LogP contribution is 2.49. The molecule has 1 atom stereocenters. The van der Waals surface area contributed by atoms with E-state index < -0.39 is 18.6 Å². The summed E-state index contributed by atoms with van der Waals surface area (Å²) in [5.74, 6) is 0.300. The van der Waals surface area contributed by atoms with Crippen LogP contribution < -0.4 is 11.3 Å². The Balaban J connectivity index is 1.58. The zero-order chi connectivity index (χ0) is 26.3. The van der Waals surface area contributed by atoms with Crippen LogP contribution in [-0.2, 0) is 36.3 Å². The van der Waals surface area contributed by atoms with Crippen molar-refractivity contribution in [3.05, 3.63) is 51.5 Å². The first-order chi connectivity index (χ1) is 17.0. The van der Waals surface area contributed by atoms with Gasteiger partial charge in [-0.2, -0.15) is 4.98 Å².